The zero-order valence-corrected chi connectivity index (χ0v) is 37.6. The second-order valence-corrected chi connectivity index (χ2v) is 17.8. The third kappa shape index (κ3) is 6.18. The summed E-state index contributed by atoms with van der Waals surface area (Å²) in [5.74, 6) is 1.69. The highest BCUT2D eigenvalue weighted by atomic mass is 32.1. The molecule has 10 aromatic carbocycles. The summed E-state index contributed by atoms with van der Waals surface area (Å²) in [4.78, 5) is 16.1. The van der Waals surface area contributed by atoms with Crippen LogP contribution in [0.2, 0.25) is 0 Å². The Hall–Kier alpha value is -8.45. The molecular formula is C61H40N4OS. The Morgan fingerprint density at radius 1 is 0.358 bits per heavy atom. The summed E-state index contributed by atoms with van der Waals surface area (Å²) >= 11 is 1.85. The third-order valence-corrected chi connectivity index (χ3v) is 14.2. The fraction of sp³-hybridized carbons (Fsp3) is 0.0328. The monoisotopic (exact) mass is 876 g/mol. The van der Waals surface area contributed by atoms with E-state index in [2.05, 4.69) is 174 Å². The number of hydrogen-bond acceptors (Lipinski definition) is 5. The maximum absolute atomic E-state index is 6.40. The van der Waals surface area contributed by atoms with Crippen LogP contribution in [0.3, 0.4) is 0 Å². The molecule has 0 spiro atoms. The van der Waals surface area contributed by atoms with E-state index in [1.807, 2.05) is 61.6 Å². The highest BCUT2D eigenvalue weighted by molar-refractivity contribution is 7.25. The fourth-order valence-electron chi connectivity index (χ4n) is 10.1. The number of benzene rings is 10. The van der Waals surface area contributed by atoms with Gasteiger partial charge in [0.2, 0.25) is 5.95 Å². The third-order valence-electron chi connectivity index (χ3n) is 13.0. The number of hydrogen-bond donors (Lipinski definition) is 0. The molecule has 0 saturated heterocycles. The molecule has 0 aliphatic rings. The quantitative estimate of drug-likeness (QED) is 0.162. The van der Waals surface area contributed by atoms with Crippen LogP contribution in [0.5, 0.6) is 0 Å². The molecule has 0 atom stereocenters. The molecule has 14 rings (SSSR count). The van der Waals surface area contributed by atoms with Crippen molar-refractivity contribution in [3.8, 4) is 51.0 Å². The van der Waals surface area contributed by atoms with E-state index in [9.17, 15) is 0 Å². The summed E-state index contributed by atoms with van der Waals surface area (Å²) in [6, 6.07) is 73.3. The van der Waals surface area contributed by atoms with E-state index in [0.717, 1.165) is 76.9 Å². The minimum atomic E-state index is 0.540. The lowest BCUT2D eigenvalue weighted by atomic mass is 9.95. The van der Waals surface area contributed by atoms with E-state index in [1.165, 1.54) is 41.9 Å². The predicted octanol–water partition coefficient (Wildman–Crippen LogP) is 17.2. The number of rotatable bonds is 5. The van der Waals surface area contributed by atoms with Crippen LogP contribution in [0.25, 0.3) is 136 Å². The number of aromatic nitrogens is 4. The largest absolute Gasteiger partial charge is 0.456 e. The molecule has 0 aliphatic heterocycles. The molecule has 14 aromatic rings. The first-order valence-corrected chi connectivity index (χ1v) is 23.7. The molecule has 0 unspecified atom stereocenters. The van der Waals surface area contributed by atoms with Crippen LogP contribution in [0.15, 0.2) is 211 Å². The molecule has 0 amide bonds. The summed E-state index contributed by atoms with van der Waals surface area (Å²) in [6.07, 6.45) is 0. The topological polar surface area (TPSA) is 56.7 Å². The van der Waals surface area contributed by atoms with Gasteiger partial charge in [-0.25, -0.2) is 4.98 Å². The number of nitrogens with zero attached hydrogens (tertiary/aromatic N) is 4. The molecule has 4 aromatic heterocycles. The molecule has 0 radical (unpaired) electrons. The van der Waals surface area contributed by atoms with Crippen LogP contribution in [0.1, 0.15) is 13.8 Å². The first-order chi connectivity index (χ1) is 33.2. The number of fused-ring (bicyclic) bond motifs is 14. The van der Waals surface area contributed by atoms with Crippen molar-refractivity contribution in [1.29, 1.82) is 0 Å². The van der Waals surface area contributed by atoms with Crippen molar-refractivity contribution in [2.45, 2.75) is 13.8 Å². The van der Waals surface area contributed by atoms with Crippen molar-refractivity contribution >= 4 is 96.8 Å². The van der Waals surface area contributed by atoms with Gasteiger partial charge in [0.25, 0.3) is 0 Å². The highest BCUT2D eigenvalue weighted by Crippen LogP contribution is 2.46. The molecule has 0 saturated carbocycles. The Morgan fingerprint density at radius 3 is 1.76 bits per heavy atom. The van der Waals surface area contributed by atoms with E-state index in [-0.39, 0.29) is 0 Å². The molecule has 6 heteroatoms. The minimum Gasteiger partial charge on any atom is -0.456 e. The van der Waals surface area contributed by atoms with Crippen LogP contribution >= 0.6 is 11.3 Å². The van der Waals surface area contributed by atoms with Crippen LogP contribution in [-0.4, -0.2) is 19.5 Å². The molecule has 4 heterocycles. The lowest BCUT2D eigenvalue weighted by Gasteiger charge is -2.14. The fourth-order valence-corrected chi connectivity index (χ4v) is 11.3. The summed E-state index contributed by atoms with van der Waals surface area (Å²) in [5, 5.41) is 11.7. The van der Waals surface area contributed by atoms with E-state index in [4.69, 9.17) is 19.4 Å². The van der Waals surface area contributed by atoms with E-state index in [1.54, 1.807) is 0 Å². The Bertz CT molecular complexity index is 4260. The molecule has 67 heavy (non-hydrogen) atoms. The second kappa shape index (κ2) is 15.6. The number of thiophene rings is 1. The van der Waals surface area contributed by atoms with Crippen molar-refractivity contribution in [3.05, 3.63) is 206 Å². The van der Waals surface area contributed by atoms with Gasteiger partial charge >= 0.3 is 0 Å². The lowest BCUT2D eigenvalue weighted by Crippen LogP contribution is -2.07. The average molecular weight is 877 g/mol. The smallest absolute Gasteiger partial charge is 0.238 e. The van der Waals surface area contributed by atoms with Gasteiger partial charge in [0, 0.05) is 63.8 Å². The molecule has 0 aliphatic carbocycles. The summed E-state index contributed by atoms with van der Waals surface area (Å²) in [6.45, 7) is 4.00. The van der Waals surface area contributed by atoms with E-state index in [0.29, 0.717) is 17.6 Å². The average Bonchev–Trinajstić information content (AvgIpc) is 4.09. The maximum Gasteiger partial charge on any atom is 0.238 e. The van der Waals surface area contributed by atoms with Crippen molar-refractivity contribution in [3.63, 3.8) is 0 Å². The van der Waals surface area contributed by atoms with Crippen LogP contribution < -0.4 is 0 Å². The standard InChI is InChI=1S/C59H34N4OS.C2H6/c1-2-14-35(15-3-1)57-60-58(39-29-30-44-43-20-8-10-26-50(43)64-51(44)33-39)62-59(61-57)63-55-40(24-13-25-49(55)54-47-22-6-4-18-41(47)42-19-5-7-23-48(42)56(54)63)38-17-12-16-36(32-38)37-28-31-46-45-21-9-11-27-52(45)65-53(46)34-37;1-2/h1-34H;1-2H3. The normalized spacial score (nSPS) is 11.7. The van der Waals surface area contributed by atoms with Gasteiger partial charge in [0.05, 0.1) is 11.0 Å². The van der Waals surface area contributed by atoms with Gasteiger partial charge in [0.1, 0.15) is 11.2 Å². The van der Waals surface area contributed by atoms with Gasteiger partial charge in [-0.2, -0.15) is 9.97 Å². The zero-order valence-electron chi connectivity index (χ0n) is 36.7. The Kier molecular flexibility index (Phi) is 9.08. The van der Waals surface area contributed by atoms with Crippen LogP contribution in [-0.2, 0) is 0 Å². The number of furan rings is 1. The highest BCUT2D eigenvalue weighted by Gasteiger charge is 2.25. The van der Waals surface area contributed by atoms with Crippen molar-refractivity contribution < 1.29 is 4.42 Å². The molecule has 316 valence electrons. The van der Waals surface area contributed by atoms with Crippen molar-refractivity contribution in [2.24, 2.45) is 0 Å². The Balaban J connectivity index is 0.00000220. The van der Waals surface area contributed by atoms with Crippen molar-refractivity contribution in [1.82, 2.24) is 19.5 Å². The van der Waals surface area contributed by atoms with E-state index >= 15 is 0 Å². The second-order valence-electron chi connectivity index (χ2n) is 16.7. The first kappa shape index (κ1) is 39.0. The van der Waals surface area contributed by atoms with Gasteiger partial charge in [-0.05, 0) is 69.2 Å². The van der Waals surface area contributed by atoms with Gasteiger partial charge in [-0.3, -0.25) is 4.57 Å². The van der Waals surface area contributed by atoms with Gasteiger partial charge in [-0.1, -0.05) is 184 Å². The molecule has 5 nitrogen and oxygen atoms in total. The summed E-state index contributed by atoms with van der Waals surface area (Å²) in [7, 11) is 0. The van der Waals surface area contributed by atoms with Gasteiger partial charge < -0.3 is 4.42 Å². The zero-order chi connectivity index (χ0) is 44.6. The van der Waals surface area contributed by atoms with Gasteiger partial charge in [-0.15, -0.1) is 11.3 Å². The van der Waals surface area contributed by atoms with Crippen molar-refractivity contribution in [2.75, 3.05) is 0 Å². The molecular weight excluding hydrogens is 837 g/mol. The first-order valence-electron chi connectivity index (χ1n) is 22.8. The lowest BCUT2D eigenvalue weighted by molar-refractivity contribution is 0.669. The van der Waals surface area contributed by atoms with Crippen LogP contribution in [0.4, 0.5) is 0 Å². The Labute approximate surface area is 389 Å². The number of para-hydroxylation sites is 2. The molecule has 0 bridgehead atoms. The van der Waals surface area contributed by atoms with Crippen LogP contribution in [0, 0.1) is 0 Å². The maximum atomic E-state index is 6.40. The van der Waals surface area contributed by atoms with E-state index < -0.39 is 0 Å². The Morgan fingerprint density at radius 2 is 0.925 bits per heavy atom. The van der Waals surface area contributed by atoms with Gasteiger partial charge in [0.15, 0.2) is 11.6 Å². The SMILES string of the molecule is CC.c1ccc(-c2nc(-c3ccc4c(c3)oc3ccccc34)nc(-n3c4c(-c5cccc(-c6ccc7c(c6)sc6ccccc67)c5)cccc4c4c5ccccc5c5ccccc5c43)n2)cc1. The molecule has 0 N–H and O–H groups in total. The summed E-state index contributed by atoms with van der Waals surface area (Å²) < 4.78 is 11.3. The molecule has 0 fully saturated rings. The predicted molar refractivity (Wildman–Crippen MR) is 282 cm³/mol. The summed E-state index contributed by atoms with van der Waals surface area (Å²) in [5.41, 5.74) is 10.0. The minimum absolute atomic E-state index is 0.540.